The lowest BCUT2D eigenvalue weighted by Crippen LogP contribution is -2.30. The summed E-state index contributed by atoms with van der Waals surface area (Å²) in [5.74, 6) is -1.55. The van der Waals surface area contributed by atoms with Gasteiger partial charge in [0.15, 0.2) is 6.10 Å². The highest BCUT2D eigenvalue weighted by molar-refractivity contribution is 7.47. The standard InChI is InChI=1S/C58H105O11P/c1-4-7-10-13-16-19-22-25-27-30-33-36-39-42-45-48-57(61)68-54(50-59)52-66-70(63,64)67-53-55(51-65-56(60)47-44-41-38-35-32-29-24-21-18-15-12-9-6-3)69-58(62)49-46-43-40-37-34-31-28-26-23-20-17-14-11-8-5-2/h9,12,18,21,29,32,38,41,54-55,59H,4-8,10-11,13-17,19-20,22-28,30-31,33-37,39-40,42-53H2,1-3H3,(H,63,64)/b12-9-,21-18-,32-29-,41-38-. The number of rotatable bonds is 53. The topological polar surface area (TPSA) is 155 Å². The molecule has 0 aromatic heterocycles. The van der Waals surface area contributed by atoms with Gasteiger partial charge in [-0.1, -0.05) is 249 Å². The number of aliphatic hydroxyl groups excluding tert-OH is 1. The van der Waals surface area contributed by atoms with Crippen LogP contribution in [0.3, 0.4) is 0 Å². The Labute approximate surface area is 428 Å². The van der Waals surface area contributed by atoms with E-state index in [9.17, 15) is 28.9 Å². The number of ether oxygens (including phenoxy) is 3. The van der Waals surface area contributed by atoms with E-state index in [1.165, 1.54) is 141 Å². The van der Waals surface area contributed by atoms with Gasteiger partial charge in [-0.2, -0.15) is 0 Å². The normalized spacial score (nSPS) is 13.7. The molecule has 0 saturated heterocycles. The lowest BCUT2D eigenvalue weighted by molar-refractivity contribution is -0.161. The third-order valence-corrected chi connectivity index (χ3v) is 13.2. The average molecular weight is 1010 g/mol. The molecule has 12 heteroatoms. The summed E-state index contributed by atoms with van der Waals surface area (Å²) in [6.07, 6.45) is 55.2. The van der Waals surface area contributed by atoms with Gasteiger partial charge in [-0.3, -0.25) is 23.4 Å². The molecule has 11 nitrogen and oxygen atoms in total. The zero-order chi connectivity index (χ0) is 51.3. The smallest absolute Gasteiger partial charge is 0.462 e. The summed E-state index contributed by atoms with van der Waals surface area (Å²) in [4.78, 5) is 48.4. The predicted molar refractivity (Wildman–Crippen MR) is 289 cm³/mol. The Morgan fingerprint density at radius 3 is 1.11 bits per heavy atom. The molecule has 0 spiro atoms. The van der Waals surface area contributed by atoms with Crippen LogP contribution in [0.2, 0.25) is 0 Å². The number of phosphoric acid groups is 1. The van der Waals surface area contributed by atoms with Gasteiger partial charge in [0.2, 0.25) is 0 Å². The zero-order valence-electron chi connectivity index (χ0n) is 45.0. The van der Waals surface area contributed by atoms with Gasteiger partial charge >= 0.3 is 25.7 Å². The van der Waals surface area contributed by atoms with Crippen LogP contribution in [0.4, 0.5) is 0 Å². The lowest BCUT2D eigenvalue weighted by Gasteiger charge is -2.21. The van der Waals surface area contributed by atoms with Gasteiger partial charge in [0.25, 0.3) is 0 Å². The molecule has 3 unspecified atom stereocenters. The number of carbonyl (C=O) groups is 3. The molecule has 0 fully saturated rings. The first-order chi connectivity index (χ1) is 34.2. The van der Waals surface area contributed by atoms with Gasteiger partial charge in [-0.15, -0.1) is 0 Å². The van der Waals surface area contributed by atoms with Crippen molar-refractivity contribution in [3.8, 4) is 0 Å². The number of unbranched alkanes of at least 4 members (excludes halogenated alkanes) is 28. The molecule has 0 aliphatic rings. The summed E-state index contributed by atoms with van der Waals surface area (Å²) < 4.78 is 39.4. The molecule has 0 amide bonds. The summed E-state index contributed by atoms with van der Waals surface area (Å²) in [7, 11) is -4.75. The van der Waals surface area contributed by atoms with Gasteiger partial charge in [0, 0.05) is 19.3 Å². The van der Waals surface area contributed by atoms with Crippen molar-refractivity contribution < 1.29 is 52.2 Å². The number of phosphoric ester groups is 1. The van der Waals surface area contributed by atoms with E-state index in [1.807, 2.05) is 12.2 Å². The highest BCUT2D eigenvalue weighted by Gasteiger charge is 2.28. The summed E-state index contributed by atoms with van der Waals surface area (Å²) in [5.41, 5.74) is 0. The number of esters is 3. The molecule has 0 rings (SSSR count). The largest absolute Gasteiger partial charge is 0.472 e. The monoisotopic (exact) mass is 1010 g/mol. The van der Waals surface area contributed by atoms with Crippen LogP contribution in [-0.4, -0.2) is 66.5 Å². The first-order valence-electron chi connectivity index (χ1n) is 28.5. The second-order valence-corrected chi connectivity index (χ2v) is 20.5. The molecule has 2 N–H and O–H groups in total. The Kier molecular flexibility index (Phi) is 50.8. The van der Waals surface area contributed by atoms with E-state index in [-0.39, 0.29) is 25.9 Å². The molecular formula is C58H105O11P. The van der Waals surface area contributed by atoms with E-state index < -0.39 is 57.8 Å². The summed E-state index contributed by atoms with van der Waals surface area (Å²) >= 11 is 0. The minimum absolute atomic E-state index is 0.108. The second-order valence-electron chi connectivity index (χ2n) is 19.1. The third-order valence-electron chi connectivity index (χ3n) is 12.3. The van der Waals surface area contributed by atoms with Gasteiger partial charge < -0.3 is 24.2 Å². The van der Waals surface area contributed by atoms with Gasteiger partial charge in [-0.25, -0.2) is 4.57 Å². The third kappa shape index (κ3) is 50.4. The van der Waals surface area contributed by atoms with E-state index in [4.69, 9.17) is 23.3 Å². The molecule has 0 aliphatic heterocycles. The van der Waals surface area contributed by atoms with Crippen LogP contribution in [-0.2, 0) is 42.2 Å². The number of hydrogen-bond acceptors (Lipinski definition) is 10. The fraction of sp³-hybridized carbons (Fsp3) is 0.810. The molecule has 0 aromatic carbocycles. The van der Waals surface area contributed by atoms with E-state index in [2.05, 4.69) is 57.2 Å². The van der Waals surface area contributed by atoms with Crippen LogP contribution in [0.5, 0.6) is 0 Å². The number of allylic oxidation sites excluding steroid dienone is 8. The van der Waals surface area contributed by atoms with Crippen molar-refractivity contribution in [3.05, 3.63) is 48.6 Å². The van der Waals surface area contributed by atoms with Crippen molar-refractivity contribution in [3.63, 3.8) is 0 Å². The molecule has 0 aromatic rings. The SMILES string of the molecule is CC/C=C\C/C=C\C/C=C\C/C=C\CCC(=O)OCC(COP(=O)(O)OCC(CO)OC(=O)CCCCCCCCCCCCCCCCC)OC(=O)CCCCCCCCCCCCCCCCC. The van der Waals surface area contributed by atoms with Crippen LogP contribution >= 0.6 is 7.82 Å². The number of carbonyl (C=O) groups excluding carboxylic acids is 3. The Balaban J connectivity index is 4.73. The molecule has 0 radical (unpaired) electrons. The molecule has 0 bridgehead atoms. The Bertz CT molecular complexity index is 1360. The molecule has 0 heterocycles. The second kappa shape index (κ2) is 52.8. The molecule has 408 valence electrons. The van der Waals surface area contributed by atoms with Crippen LogP contribution in [0.15, 0.2) is 48.6 Å². The molecule has 3 atom stereocenters. The highest BCUT2D eigenvalue weighted by Crippen LogP contribution is 2.43. The first kappa shape index (κ1) is 67.4. The van der Waals surface area contributed by atoms with E-state index >= 15 is 0 Å². The van der Waals surface area contributed by atoms with E-state index in [0.29, 0.717) is 19.3 Å². The Morgan fingerprint density at radius 2 is 0.743 bits per heavy atom. The van der Waals surface area contributed by atoms with Crippen LogP contribution < -0.4 is 0 Å². The maximum atomic E-state index is 12.9. The highest BCUT2D eigenvalue weighted by atomic mass is 31.2. The number of aliphatic hydroxyl groups is 1. The minimum atomic E-state index is -4.75. The summed E-state index contributed by atoms with van der Waals surface area (Å²) in [6.45, 7) is 4.48. The first-order valence-corrected chi connectivity index (χ1v) is 30.0. The van der Waals surface area contributed by atoms with E-state index in [1.54, 1.807) is 0 Å². The molecule has 70 heavy (non-hydrogen) atoms. The molecule has 0 aliphatic carbocycles. The van der Waals surface area contributed by atoms with Crippen LogP contribution in [0.1, 0.15) is 265 Å². The maximum Gasteiger partial charge on any atom is 0.472 e. The van der Waals surface area contributed by atoms with Crippen molar-refractivity contribution in [2.24, 2.45) is 0 Å². The maximum absolute atomic E-state index is 12.9. The van der Waals surface area contributed by atoms with Crippen LogP contribution in [0.25, 0.3) is 0 Å². The lowest BCUT2D eigenvalue weighted by atomic mass is 10.0. The average Bonchev–Trinajstić information content (AvgIpc) is 3.35. The van der Waals surface area contributed by atoms with Gasteiger partial charge in [-0.05, 0) is 44.9 Å². The van der Waals surface area contributed by atoms with Crippen LogP contribution in [0, 0.1) is 0 Å². The van der Waals surface area contributed by atoms with Gasteiger partial charge in [0.1, 0.15) is 12.7 Å². The quantitative estimate of drug-likeness (QED) is 0.0197. The van der Waals surface area contributed by atoms with E-state index in [0.717, 1.165) is 64.2 Å². The van der Waals surface area contributed by atoms with Crippen molar-refractivity contribution in [2.75, 3.05) is 26.4 Å². The minimum Gasteiger partial charge on any atom is -0.462 e. The fourth-order valence-electron chi connectivity index (χ4n) is 7.96. The summed E-state index contributed by atoms with van der Waals surface area (Å²) in [5, 5.41) is 9.81. The van der Waals surface area contributed by atoms with Crippen molar-refractivity contribution in [2.45, 2.75) is 277 Å². The Hall–Kier alpha value is -2.56. The van der Waals surface area contributed by atoms with Crippen molar-refractivity contribution >= 4 is 25.7 Å². The predicted octanol–water partition coefficient (Wildman–Crippen LogP) is 16.6. The van der Waals surface area contributed by atoms with Gasteiger partial charge in [0.05, 0.1) is 19.8 Å². The van der Waals surface area contributed by atoms with Crippen molar-refractivity contribution in [1.29, 1.82) is 0 Å². The van der Waals surface area contributed by atoms with Crippen molar-refractivity contribution in [1.82, 2.24) is 0 Å². The fourth-order valence-corrected chi connectivity index (χ4v) is 8.74. The molecular weight excluding hydrogens is 904 g/mol. The Morgan fingerprint density at radius 1 is 0.414 bits per heavy atom. The summed E-state index contributed by atoms with van der Waals surface area (Å²) in [6, 6.07) is 0. The zero-order valence-corrected chi connectivity index (χ0v) is 45.9. The molecule has 0 saturated carbocycles. The number of hydrogen-bond donors (Lipinski definition) is 2.